The summed E-state index contributed by atoms with van der Waals surface area (Å²) >= 11 is 0. The van der Waals surface area contributed by atoms with E-state index in [0.29, 0.717) is 5.56 Å². The van der Waals surface area contributed by atoms with Crippen LogP contribution in [0.25, 0.3) is 10.8 Å². The van der Waals surface area contributed by atoms with Gasteiger partial charge in [-0.25, -0.2) is 0 Å². The van der Waals surface area contributed by atoms with Gasteiger partial charge < -0.3 is 20.4 Å². The van der Waals surface area contributed by atoms with Crippen molar-refractivity contribution in [1.82, 2.24) is 0 Å². The zero-order valence-electron chi connectivity index (χ0n) is 9.11. The Kier molecular flexibility index (Phi) is 3.28. The molecule has 4 nitrogen and oxygen atoms in total. The molecule has 0 amide bonds. The van der Waals surface area contributed by atoms with E-state index >= 15 is 0 Å². The zero-order chi connectivity index (χ0) is 12.4. The Balaban J connectivity index is 2.41. The number of benzene rings is 2. The first-order valence-corrected chi connectivity index (χ1v) is 5.31. The Morgan fingerprint density at radius 2 is 1.59 bits per heavy atom. The molecule has 4 heteroatoms. The first kappa shape index (κ1) is 11.9. The van der Waals surface area contributed by atoms with E-state index < -0.39 is 18.8 Å². The van der Waals surface area contributed by atoms with Gasteiger partial charge in [-0.2, -0.15) is 0 Å². The lowest BCUT2D eigenvalue weighted by molar-refractivity contribution is -0.0152. The molecule has 0 radical (unpaired) electrons. The summed E-state index contributed by atoms with van der Waals surface area (Å²) in [7, 11) is 0. The Morgan fingerprint density at radius 1 is 0.941 bits per heavy atom. The van der Waals surface area contributed by atoms with Crippen molar-refractivity contribution in [2.24, 2.45) is 0 Å². The number of rotatable bonds is 3. The van der Waals surface area contributed by atoms with E-state index in [0.717, 1.165) is 10.8 Å². The second-order valence-corrected chi connectivity index (χ2v) is 3.99. The highest BCUT2D eigenvalue weighted by atomic mass is 16.4. The smallest absolute Gasteiger partial charge is 0.116 e. The van der Waals surface area contributed by atoms with Gasteiger partial charge in [0.1, 0.15) is 18.0 Å². The highest BCUT2D eigenvalue weighted by molar-refractivity contribution is 5.84. The summed E-state index contributed by atoms with van der Waals surface area (Å²) in [5, 5.41) is 38.9. The van der Waals surface area contributed by atoms with E-state index in [1.807, 2.05) is 0 Å². The summed E-state index contributed by atoms with van der Waals surface area (Å²) < 4.78 is 0. The lowest BCUT2D eigenvalue weighted by Gasteiger charge is -2.16. The number of phenolic OH excluding ortho intramolecular Hbond substituents is 1. The van der Waals surface area contributed by atoms with E-state index in [9.17, 15) is 15.3 Å². The van der Waals surface area contributed by atoms with Gasteiger partial charge in [0.2, 0.25) is 0 Å². The topological polar surface area (TPSA) is 80.9 Å². The largest absolute Gasteiger partial charge is 0.508 e. The van der Waals surface area contributed by atoms with Crippen LogP contribution in [0, 0.1) is 0 Å². The molecule has 17 heavy (non-hydrogen) atoms. The number of fused-ring (bicyclic) bond motifs is 1. The lowest BCUT2D eigenvalue weighted by Crippen LogP contribution is -2.21. The summed E-state index contributed by atoms with van der Waals surface area (Å²) in [4.78, 5) is 0. The van der Waals surface area contributed by atoms with Crippen molar-refractivity contribution in [3.8, 4) is 5.75 Å². The van der Waals surface area contributed by atoms with Crippen molar-refractivity contribution in [2.45, 2.75) is 12.2 Å². The molecule has 0 aliphatic rings. The third-order valence-corrected chi connectivity index (χ3v) is 2.74. The summed E-state index contributed by atoms with van der Waals surface area (Å²) in [5.41, 5.74) is 0.532. The summed E-state index contributed by atoms with van der Waals surface area (Å²) in [6, 6.07) is 10.0. The number of aliphatic hydroxyl groups excluding tert-OH is 3. The van der Waals surface area contributed by atoms with Crippen molar-refractivity contribution in [3.05, 3.63) is 42.0 Å². The normalized spacial score (nSPS) is 14.8. The van der Waals surface area contributed by atoms with Crippen molar-refractivity contribution in [1.29, 1.82) is 0 Å². The molecule has 90 valence electrons. The van der Waals surface area contributed by atoms with Gasteiger partial charge in [-0.3, -0.25) is 0 Å². The van der Waals surface area contributed by atoms with Gasteiger partial charge in [0.05, 0.1) is 6.61 Å². The fourth-order valence-electron chi connectivity index (χ4n) is 1.76. The van der Waals surface area contributed by atoms with E-state index in [2.05, 4.69) is 0 Å². The van der Waals surface area contributed by atoms with Gasteiger partial charge in [-0.05, 0) is 34.5 Å². The number of hydrogen-bond donors (Lipinski definition) is 4. The van der Waals surface area contributed by atoms with Crippen molar-refractivity contribution in [2.75, 3.05) is 6.61 Å². The van der Waals surface area contributed by atoms with Gasteiger partial charge >= 0.3 is 0 Å². The van der Waals surface area contributed by atoms with Gasteiger partial charge in [-0.15, -0.1) is 0 Å². The van der Waals surface area contributed by atoms with Crippen molar-refractivity contribution >= 4 is 10.8 Å². The highest BCUT2D eigenvalue weighted by Gasteiger charge is 2.17. The Hall–Kier alpha value is -1.62. The molecule has 2 rings (SSSR count). The molecule has 0 spiro atoms. The standard InChI is InChI=1S/C13H14O4/c14-7-12(16)13(17)10-2-1-9-6-11(15)4-3-8(9)5-10/h1-6,12-17H,7H2. The molecule has 0 aromatic heterocycles. The molecule has 0 aliphatic carbocycles. The van der Waals surface area contributed by atoms with E-state index in [1.54, 1.807) is 36.4 Å². The summed E-state index contributed by atoms with van der Waals surface area (Å²) in [6.45, 7) is -0.491. The van der Waals surface area contributed by atoms with Crippen LogP contribution >= 0.6 is 0 Å². The molecule has 0 saturated carbocycles. The lowest BCUT2D eigenvalue weighted by atomic mass is 10.0. The maximum Gasteiger partial charge on any atom is 0.116 e. The predicted molar refractivity (Wildman–Crippen MR) is 63.7 cm³/mol. The average molecular weight is 234 g/mol. The van der Waals surface area contributed by atoms with Crippen LogP contribution in [-0.2, 0) is 0 Å². The number of hydrogen-bond acceptors (Lipinski definition) is 4. The Bertz CT molecular complexity index is 524. The fraction of sp³-hybridized carbons (Fsp3) is 0.231. The molecular weight excluding hydrogens is 220 g/mol. The molecule has 4 N–H and O–H groups in total. The van der Waals surface area contributed by atoms with Crippen LogP contribution in [0.15, 0.2) is 36.4 Å². The van der Waals surface area contributed by atoms with Gasteiger partial charge in [-0.1, -0.05) is 18.2 Å². The summed E-state index contributed by atoms with van der Waals surface area (Å²) in [5.74, 6) is 0.182. The van der Waals surface area contributed by atoms with Gasteiger partial charge in [0.25, 0.3) is 0 Å². The molecule has 2 atom stereocenters. The van der Waals surface area contributed by atoms with Gasteiger partial charge in [0.15, 0.2) is 0 Å². The average Bonchev–Trinajstić information content (AvgIpc) is 2.36. The molecular formula is C13H14O4. The van der Waals surface area contributed by atoms with Crippen molar-refractivity contribution < 1.29 is 20.4 Å². The third-order valence-electron chi connectivity index (χ3n) is 2.74. The van der Waals surface area contributed by atoms with Crippen LogP contribution in [-0.4, -0.2) is 33.1 Å². The molecule has 2 aromatic rings. The van der Waals surface area contributed by atoms with Crippen LogP contribution in [0.3, 0.4) is 0 Å². The van der Waals surface area contributed by atoms with Crippen LogP contribution < -0.4 is 0 Å². The van der Waals surface area contributed by atoms with E-state index in [-0.39, 0.29) is 5.75 Å². The second-order valence-electron chi connectivity index (χ2n) is 3.99. The first-order valence-electron chi connectivity index (χ1n) is 5.31. The first-order chi connectivity index (χ1) is 8.11. The van der Waals surface area contributed by atoms with E-state index in [1.165, 1.54) is 0 Å². The molecule has 0 heterocycles. The predicted octanol–water partition coefficient (Wildman–Crippen LogP) is 0.932. The SMILES string of the molecule is OCC(O)C(O)c1ccc2cc(O)ccc2c1. The van der Waals surface area contributed by atoms with Crippen LogP contribution in [0.4, 0.5) is 0 Å². The Morgan fingerprint density at radius 3 is 2.29 bits per heavy atom. The minimum absolute atomic E-state index is 0.182. The van der Waals surface area contributed by atoms with E-state index in [4.69, 9.17) is 5.11 Å². The number of aromatic hydroxyl groups is 1. The Labute approximate surface area is 98.4 Å². The third kappa shape index (κ3) is 2.39. The molecule has 2 unspecified atom stereocenters. The van der Waals surface area contributed by atoms with Crippen LogP contribution in [0.2, 0.25) is 0 Å². The minimum atomic E-state index is -1.19. The number of phenols is 1. The highest BCUT2D eigenvalue weighted by Crippen LogP contribution is 2.25. The minimum Gasteiger partial charge on any atom is -0.508 e. The van der Waals surface area contributed by atoms with Crippen LogP contribution in [0.5, 0.6) is 5.75 Å². The molecule has 2 aromatic carbocycles. The van der Waals surface area contributed by atoms with Gasteiger partial charge in [0, 0.05) is 0 Å². The molecule has 0 saturated heterocycles. The monoisotopic (exact) mass is 234 g/mol. The number of aliphatic hydroxyl groups is 3. The molecule has 0 aliphatic heterocycles. The maximum absolute atomic E-state index is 9.74. The maximum atomic E-state index is 9.74. The fourth-order valence-corrected chi connectivity index (χ4v) is 1.76. The quantitative estimate of drug-likeness (QED) is 0.637. The summed E-state index contributed by atoms with van der Waals surface area (Å²) in [6.07, 6.45) is -2.30. The molecule has 0 fully saturated rings. The molecule has 0 bridgehead atoms. The zero-order valence-corrected chi connectivity index (χ0v) is 9.11. The van der Waals surface area contributed by atoms with Crippen LogP contribution in [0.1, 0.15) is 11.7 Å². The van der Waals surface area contributed by atoms with Crippen molar-refractivity contribution in [3.63, 3.8) is 0 Å². The second kappa shape index (κ2) is 4.71.